The summed E-state index contributed by atoms with van der Waals surface area (Å²) in [7, 11) is 1.62. The van der Waals surface area contributed by atoms with E-state index >= 15 is 0 Å². The zero-order valence-corrected chi connectivity index (χ0v) is 14.0. The molecule has 3 N–H and O–H groups in total. The number of rotatable bonds is 2. The topological polar surface area (TPSA) is 103 Å². The van der Waals surface area contributed by atoms with Gasteiger partial charge in [-0.1, -0.05) is 16.8 Å². The normalized spacial score (nSPS) is 11.5. The molecule has 1 aromatic carbocycles. The average Bonchev–Trinajstić information content (AvgIpc) is 3.05. The van der Waals surface area contributed by atoms with Gasteiger partial charge in [0.25, 0.3) is 0 Å². The van der Waals surface area contributed by atoms with E-state index in [2.05, 4.69) is 20.1 Å². The molecular weight excluding hydrogens is 330 g/mol. The zero-order chi connectivity index (χ0) is 17.0. The Labute approximate surface area is 141 Å². The fourth-order valence-corrected chi connectivity index (χ4v) is 3.31. The smallest absolute Gasteiger partial charge is 0.223 e. The van der Waals surface area contributed by atoms with Gasteiger partial charge >= 0.3 is 0 Å². The van der Waals surface area contributed by atoms with Crippen molar-refractivity contribution >= 4 is 39.5 Å². The second-order valence-corrected chi connectivity index (χ2v) is 5.88. The molecule has 0 aliphatic carbocycles. The molecular formula is C16H14ClN5O2. The van der Waals surface area contributed by atoms with Crippen molar-refractivity contribution in [1.82, 2.24) is 20.1 Å². The van der Waals surface area contributed by atoms with Crippen molar-refractivity contribution in [2.24, 2.45) is 0 Å². The lowest BCUT2D eigenvalue weighted by molar-refractivity contribution is 0.393. The van der Waals surface area contributed by atoms with Gasteiger partial charge in [-0.15, -0.1) is 0 Å². The fourth-order valence-electron chi connectivity index (χ4n) is 3.03. The predicted octanol–water partition coefficient (Wildman–Crippen LogP) is 3.63. The van der Waals surface area contributed by atoms with Crippen molar-refractivity contribution in [1.29, 1.82) is 0 Å². The van der Waals surface area contributed by atoms with Crippen LogP contribution in [0.25, 0.3) is 33.1 Å². The van der Waals surface area contributed by atoms with E-state index in [-0.39, 0.29) is 5.95 Å². The number of anilines is 1. The molecule has 4 rings (SSSR count). The van der Waals surface area contributed by atoms with Crippen LogP contribution in [0.4, 0.5) is 5.95 Å². The van der Waals surface area contributed by atoms with Gasteiger partial charge in [-0.25, -0.2) is 4.98 Å². The lowest BCUT2D eigenvalue weighted by Crippen LogP contribution is -1.94. The third-order valence-corrected chi connectivity index (χ3v) is 4.32. The van der Waals surface area contributed by atoms with Crippen LogP contribution in [0.5, 0.6) is 5.75 Å². The first-order valence-corrected chi connectivity index (χ1v) is 7.63. The van der Waals surface area contributed by atoms with E-state index in [1.54, 1.807) is 7.11 Å². The summed E-state index contributed by atoms with van der Waals surface area (Å²) in [5.41, 5.74) is 9.69. The Morgan fingerprint density at radius 3 is 2.71 bits per heavy atom. The molecule has 24 heavy (non-hydrogen) atoms. The standard InChI is InChI=1S/C16H14ClN5O2/c1-6-12(7(2)24-22-6)9-4-10-8(5-11(9)23-3)13-14(17)20-16(18)21-15(13)19-10/h4-5H,1-3H3,(H3,18,19,20,21). The van der Waals surface area contributed by atoms with Gasteiger partial charge < -0.3 is 20.0 Å². The molecule has 0 fully saturated rings. The minimum atomic E-state index is 0.122. The highest BCUT2D eigenvalue weighted by molar-refractivity contribution is 6.36. The molecule has 0 spiro atoms. The monoisotopic (exact) mass is 343 g/mol. The first-order chi connectivity index (χ1) is 11.5. The Balaban J connectivity index is 2.10. The minimum absolute atomic E-state index is 0.122. The number of H-pyrrole nitrogens is 1. The van der Waals surface area contributed by atoms with Gasteiger partial charge in [0.1, 0.15) is 22.3 Å². The van der Waals surface area contributed by atoms with Gasteiger partial charge in [0, 0.05) is 16.5 Å². The highest BCUT2D eigenvalue weighted by Crippen LogP contribution is 2.40. The maximum atomic E-state index is 6.25. The van der Waals surface area contributed by atoms with Crippen LogP contribution in [-0.4, -0.2) is 27.2 Å². The van der Waals surface area contributed by atoms with Crippen molar-refractivity contribution in [3.05, 3.63) is 28.7 Å². The summed E-state index contributed by atoms with van der Waals surface area (Å²) in [6, 6.07) is 3.87. The summed E-state index contributed by atoms with van der Waals surface area (Å²) in [5.74, 6) is 1.53. The van der Waals surface area contributed by atoms with E-state index in [0.717, 1.165) is 33.5 Å². The molecule has 7 nitrogen and oxygen atoms in total. The van der Waals surface area contributed by atoms with Crippen LogP contribution in [0.2, 0.25) is 5.15 Å². The molecule has 0 radical (unpaired) electrons. The van der Waals surface area contributed by atoms with Crippen molar-refractivity contribution in [2.75, 3.05) is 12.8 Å². The SMILES string of the molecule is COc1cc2c(cc1-c1c(C)noc1C)[nH]c1nc(N)nc(Cl)c12. The number of benzene rings is 1. The number of aryl methyl sites for hydroxylation is 2. The van der Waals surface area contributed by atoms with E-state index in [1.807, 2.05) is 26.0 Å². The molecule has 3 heterocycles. The minimum Gasteiger partial charge on any atom is -0.496 e. The number of nitrogen functional groups attached to an aromatic ring is 1. The van der Waals surface area contributed by atoms with Gasteiger partial charge in [0.15, 0.2) is 0 Å². The summed E-state index contributed by atoms with van der Waals surface area (Å²) >= 11 is 6.25. The lowest BCUT2D eigenvalue weighted by atomic mass is 10.0. The molecule has 4 aromatic rings. The van der Waals surface area contributed by atoms with Crippen LogP contribution in [0.1, 0.15) is 11.5 Å². The summed E-state index contributed by atoms with van der Waals surface area (Å²) in [4.78, 5) is 11.5. The van der Waals surface area contributed by atoms with E-state index in [0.29, 0.717) is 21.9 Å². The molecule has 0 aliphatic rings. The summed E-state index contributed by atoms with van der Waals surface area (Å²) in [6.07, 6.45) is 0. The Morgan fingerprint density at radius 1 is 1.25 bits per heavy atom. The number of nitrogens with zero attached hydrogens (tertiary/aromatic N) is 3. The van der Waals surface area contributed by atoms with Gasteiger partial charge in [-0.2, -0.15) is 4.98 Å². The number of halogens is 1. The number of fused-ring (bicyclic) bond motifs is 3. The van der Waals surface area contributed by atoms with Crippen LogP contribution in [0.3, 0.4) is 0 Å². The Morgan fingerprint density at radius 2 is 2.04 bits per heavy atom. The number of hydrogen-bond donors (Lipinski definition) is 2. The Kier molecular flexibility index (Phi) is 3.14. The Bertz CT molecular complexity index is 1080. The van der Waals surface area contributed by atoms with Crippen molar-refractivity contribution in [2.45, 2.75) is 13.8 Å². The molecule has 0 saturated carbocycles. The van der Waals surface area contributed by atoms with Gasteiger partial charge in [-0.3, -0.25) is 0 Å². The molecule has 122 valence electrons. The quantitative estimate of drug-likeness (QED) is 0.539. The number of methoxy groups -OCH3 is 1. The van der Waals surface area contributed by atoms with E-state index in [9.17, 15) is 0 Å². The molecule has 0 unspecified atom stereocenters. The first-order valence-electron chi connectivity index (χ1n) is 7.25. The molecule has 0 atom stereocenters. The first kappa shape index (κ1) is 14.8. The van der Waals surface area contributed by atoms with Crippen molar-refractivity contribution in [3.63, 3.8) is 0 Å². The van der Waals surface area contributed by atoms with E-state index in [1.165, 1.54) is 0 Å². The third-order valence-electron chi connectivity index (χ3n) is 4.05. The Hall–Kier alpha value is -2.80. The van der Waals surface area contributed by atoms with Crippen molar-refractivity contribution < 1.29 is 9.26 Å². The molecule has 3 aromatic heterocycles. The summed E-state index contributed by atoms with van der Waals surface area (Å²) in [5, 5.41) is 5.89. The molecule has 0 amide bonds. The van der Waals surface area contributed by atoms with Crippen LogP contribution < -0.4 is 10.5 Å². The fraction of sp³-hybridized carbons (Fsp3) is 0.188. The molecule has 8 heteroatoms. The second-order valence-electron chi connectivity index (χ2n) is 5.52. The number of ether oxygens (including phenoxy) is 1. The largest absolute Gasteiger partial charge is 0.496 e. The zero-order valence-electron chi connectivity index (χ0n) is 13.3. The van der Waals surface area contributed by atoms with Gasteiger partial charge in [0.05, 0.1) is 23.8 Å². The second kappa shape index (κ2) is 5.10. The van der Waals surface area contributed by atoms with Crippen LogP contribution >= 0.6 is 11.6 Å². The van der Waals surface area contributed by atoms with E-state index < -0.39 is 0 Å². The van der Waals surface area contributed by atoms with Crippen LogP contribution in [0, 0.1) is 13.8 Å². The molecule has 0 aliphatic heterocycles. The maximum Gasteiger partial charge on any atom is 0.223 e. The highest BCUT2D eigenvalue weighted by atomic mass is 35.5. The lowest BCUT2D eigenvalue weighted by Gasteiger charge is -2.09. The van der Waals surface area contributed by atoms with Gasteiger partial charge in [0.2, 0.25) is 5.95 Å². The maximum absolute atomic E-state index is 6.25. The number of aromatic nitrogens is 4. The number of nitrogens with two attached hydrogens (primary N) is 1. The van der Waals surface area contributed by atoms with Crippen LogP contribution in [-0.2, 0) is 0 Å². The van der Waals surface area contributed by atoms with Crippen LogP contribution in [0.15, 0.2) is 16.7 Å². The van der Waals surface area contributed by atoms with Gasteiger partial charge in [-0.05, 0) is 26.0 Å². The molecule has 0 saturated heterocycles. The average molecular weight is 344 g/mol. The highest BCUT2D eigenvalue weighted by Gasteiger charge is 2.20. The summed E-state index contributed by atoms with van der Waals surface area (Å²) in [6.45, 7) is 3.76. The van der Waals surface area contributed by atoms with Crippen molar-refractivity contribution in [3.8, 4) is 16.9 Å². The number of aromatic amines is 1. The van der Waals surface area contributed by atoms with E-state index in [4.69, 9.17) is 26.6 Å². The molecule has 0 bridgehead atoms. The third kappa shape index (κ3) is 2.01. The predicted molar refractivity (Wildman–Crippen MR) is 92.3 cm³/mol. The number of hydrogen-bond acceptors (Lipinski definition) is 6. The summed E-state index contributed by atoms with van der Waals surface area (Å²) < 4.78 is 10.9. The number of nitrogens with one attached hydrogen (secondary N) is 1.